The molecule has 2 rings (SSSR count). The van der Waals surface area contributed by atoms with Gasteiger partial charge in [0.1, 0.15) is 15.9 Å². The molecule has 5 nitrogen and oxygen atoms in total. The number of nitrogens with zero attached hydrogens (tertiary/aromatic N) is 2. The molecule has 7 heteroatoms. The molecule has 0 aliphatic carbocycles. The summed E-state index contributed by atoms with van der Waals surface area (Å²) in [6, 6.07) is 3.83. The van der Waals surface area contributed by atoms with E-state index in [1.54, 1.807) is 19.2 Å². The van der Waals surface area contributed by atoms with Crippen molar-refractivity contribution in [3.8, 4) is 6.07 Å². The van der Waals surface area contributed by atoms with Crippen LogP contribution in [-0.2, 0) is 4.74 Å². The first-order valence-electron chi connectivity index (χ1n) is 5.08. The minimum Gasteiger partial charge on any atom is -0.450 e. The van der Waals surface area contributed by atoms with Crippen LogP contribution in [0.15, 0.2) is 16.7 Å². The lowest BCUT2D eigenvalue weighted by atomic mass is 10.2. The van der Waals surface area contributed by atoms with Crippen molar-refractivity contribution in [2.75, 3.05) is 11.9 Å². The van der Waals surface area contributed by atoms with Gasteiger partial charge in [-0.3, -0.25) is 5.32 Å². The molecule has 92 valence electrons. The molecule has 0 spiro atoms. The van der Waals surface area contributed by atoms with Crippen molar-refractivity contribution in [2.45, 2.75) is 6.92 Å². The molecule has 0 aliphatic rings. The number of amides is 1. The van der Waals surface area contributed by atoms with Crippen LogP contribution in [0.3, 0.4) is 0 Å². The van der Waals surface area contributed by atoms with Crippen LogP contribution in [0.25, 0.3) is 10.2 Å². The Bertz CT molecular complexity index is 648. The summed E-state index contributed by atoms with van der Waals surface area (Å²) >= 11 is 4.61. The fourth-order valence-electron chi connectivity index (χ4n) is 1.44. The van der Waals surface area contributed by atoms with Crippen molar-refractivity contribution in [1.29, 1.82) is 5.26 Å². The molecule has 1 amide bonds. The molecule has 0 saturated carbocycles. The monoisotopic (exact) mass is 325 g/mol. The van der Waals surface area contributed by atoms with Crippen molar-refractivity contribution in [1.82, 2.24) is 4.98 Å². The molecule has 0 fully saturated rings. The van der Waals surface area contributed by atoms with Crippen molar-refractivity contribution in [3.05, 3.63) is 22.3 Å². The second-order valence-electron chi connectivity index (χ2n) is 3.24. The van der Waals surface area contributed by atoms with Gasteiger partial charge in [0.15, 0.2) is 0 Å². The normalized spacial score (nSPS) is 10.1. The van der Waals surface area contributed by atoms with Gasteiger partial charge in [-0.25, -0.2) is 9.78 Å². The van der Waals surface area contributed by atoms with Crippen LogP contribution < -0.4 is 5.32 Å². The first-order chi connectivity index (χ1) is 8.67. The van der Waals surface area contributed by atoms with E-state index in [4.69, 9.17) is 4.74 Å². The predicted molar refractivity (Wildman–Crippen MR) is 72.7 cm³/mol. The third kappa shape index (κ3) is 2.30. The van der Waals surface area contributed by atoms with Crippen LogP contribution in [0.4, 0.5) is 9.80 Å². The summed E-state index contributed by atoms with van der Waals surface area (Å²) in [4.78, 5) is 16.2. The summed E-state index contributed by atoms with van der Waals surface area (Å²) in [6.07, 6.45) is 1.06. The highest BCUT2D eigenvalue weighted by molar-refractivity contribution is 9.10. The molecule has 0 aromatic carbocycles. The maximum atomic E-state index is 11.4. The Morgan fingerprint density at radius 1 is 1.72 bits per heavy atom. The molecule has 2 aromatic heterocycles. The van der Waals surface area contributed by atoms with Crippen LogP contribution >= 0.6 is 27.3 Å². The van der Waals surface area contributed by atoms with Crippen molar-refractivity contribution < 1.29 is 9.53 Å². The maximum Gasteiger partial charge on any atom is 0.412 e. The van der Waals surface area contributed by atoms with Gasteiger partial charge in [-0.1, -0.05) is 11.3 Å². The predicted octanol–water partition coefficient (Wildman–Crippen LogP) is 3.50. The fourth-order valence-corrected chi connectivity index (χ4v) is 3.08. The Balaban J connectivity index is 2.49. The maximum absolute atomic E-state index is 11.4. The molecule has 0 atom stereocenters. The summed E-state index contributed by atoms with van der Waals surface area (Å²) in [5.41, 5.74) is 0.392. The number of fused-ring (bicyclic) bond motifs is 1. The van der Waals surface area contributed by atoms with Crippen LogP contribution in [-0.4, -0.2) is 17.7 Å². The summed E-state index contributed by atoms with van der Waals surface area (Å²) in [5.74, 6) is 0. The number of pyridine rings is 1. The van der Waals surface area contributed by atoms with E-state index in [1.807, 2.05) is 0 Å². The molecule has 0 aliphatic heterocycles. The summed E-state index contributed by atoms with van der Waals surface area (Å²) in [5, 5.41) is 12.9. The number of carbonyl (C=O) groups is 1. The second-order valence-corrected chi connectivity index (χ2v) is 5.09. The zero-order valence-corrected chi connectivity index (χ0v) is 11.8. The van der Waals surface area contributed by atoms with Crippen LogP contribution in [0.2, 0.25) is 0 Å². The quantitative estimate of drug-likeness (QED) is 0.916. The van der Waals surface area contributed by atoms with E-state index in [2.05, 4.69) is 32.3 Å². The standard InChI is InChI=1S/C11H8BrN3O2S/c1-2-17-11(16)15-9-6(5-13)8-7(12)3-4-14-10(8)18-9/h3-4H,2H2,1H3,(H,15,16). The third-order valence-electron chi connectivity index (χ3n) is 2.14. The summed E-state index contributed by atoms with van der Waals surface area (Å²) in [6.45, 7) is 1.99. The number of aromatic nitrogens is 1. The van der Waals surface area contributed by atoms with Crippen LogP contribution in [0, 0.1) is 11.3 Å². The average Bonchev–Trinajstić information content (AvgIpc) is 2.68. The summed E-state index contributed by atoms with van der Waals surface area (Å²) < 4.78 is 5.56. The Labute approximate surface area is 116 Å². The number of rotatable bonds is 2. The summed E-state index contributed by atoms with van der Waals surface area (Å²) in [7, 11) is 0. The van der Waals surface area contributed by atoms with E-state index >= 15 is 0 Å². The second kappa shape index (κ2) is 5.33. The number of halogens is 1. The van der Waals surface area contributed by atoms with E-state index in [1.165, 1.54) is 11.3 Å². The molecule has 0 radical (unpaired) electrons. The van der Waals surface area contributed by atoms with E-state index in [0.717, 1.165) is 4.47 Å². The highest BCUT2D eigenvalue weighted by Gasteiger charge is 2.17. The zero-order chi connectivity index (χ0) is 13.1. The molecule has 1 N–H and O–H groups in total. The molecule has 0 bridgehead atoms. The largest absolute Gasteiger partial charge is 0.450 e. The minimum atomic E-state index is -0.573. The minimum absolute atomic E-state index is 0.278. The molecular formula is C11H8BrN3O2S. The topological polar surface area (TPSA) is 75.0 Å². The van der Waals surface area contributed by atoms with Gasteiger partial charge in [0, 0.05) is 16.1 Å². The number of anilines is 1. The number of thiophene rings is 1. The lowest BCUT2D eigenvalue weighted by Crippen LogP contribution is -2.12. The van der Waals surface area contributed by atoms with Gasteiger partial charge in [0.25, 0.3) is 0 Å². The van der Waals surface area contributed by atoms with E-state index < -0.39 is 6.09 Å². The number of nitrogens with one attached hydrogen (secondary N) is 1. The van der Waals surface area contributed by atoms with Crippen molar-refractivity contribution in [3.63, 3.8) is 0 Å². The molecule has 0 saturated heterocycles. The van der Waals surface area contributed by atoms with Crippen molar-refractivity contribution >= 4 is 48.6 Å². The Hall–Kier alpha value is -1.65. The van der Waals surface area contributed by atoms with Gasteiger partial charge < -0.3 is 4.74 Å². The van der Waals surface area contributed by atoms with Gasteiger partial charge in [0.2, 0.25) is 0 Å². The number of hydrogen-bond acceptors (Lipinski definition) is 5. The van der Waals surface area contributed by atoms with Gasteiger partial charge in [-0.15, -0.1) is 0 Å². The molecule has 18 heavy (non-hydrogen) atoms. The first kappa shape index (κ1) is 12.8. The Morgan fingerprint density at radius 3 is 3.17 bits per heavy atom. The number of ether oxygens (including phenoxy) is 1. The smallest absolute Gasteiger partial charge is 0.412 e. The van der Waals surface area contributed by atoms with E-state index in [-0.39, 0.29) is 6.61 Å². The highest BCUT2D eigenvalue weighted by atomic mass is 79.9. The van der Waals surface area contributed by atoms with Crippen LogP contribution in [0.1, 0.15) is 12.5 Å². The van der Waals surface area contributed by atoms with Gasteiger partial charge in [0.05, 0.1) is 12.2 Å². The van der Waals surface area contributed by atoms with Crippen molar-refractivity contribution in [2.24, 2.45) is 0 Å². The third-order valence-corrected chi connectivity index (χ3v) is 3.82. The van der Waals surface area contributed by atoms with Crippen LogP contribution in [0.5, 0.6) is 0 Å². The molecular weight excluding hydrogens is 318 g/mol. The van der Waals surface area contributed by atoms with Gasteiger partial charge in [-0.2, -0.15) is 5.26 Å². The van der Waals surface area contributed by atoms with E-state index in [0.29, 0.717) is 20.8 Å². The number of carbonyl (C=O) groups excluding carboxylic acids is 1. The molecule has 2 aromatic rings. The fraction of sp³-hybridized carbons (Fsp3) is 0.182. The number of hydrogen-bond donors (Lipinski definition) is 1. The molecule has 0 unspecified atom stereocenters. The van der Waals surface area contributed by atoms with E-state index in [9.17, 15) is 10.1 Å². The average molecular weight is 326 g/mol. The number of nitriles is 1. The lowest BCUT2D eigenvalue weighted by molar-refractivity contribution is 0.168. The highest BCUT2D eigenvalue weighted by Crippen LogP contribution is 2.37. The Morgan fingerprint density at radius 2 is 2.50 bits per heavy atom. The lowest BCUT2D eigenvalue weighted by Gasteiger charge is -2.02. The molecule has 2 heterocycles. The zero-order valence-electron chi connectivity index (χ0n) is 9.36. The first-order valence-corrected chi connectivity index (χ1v) is 6.69. The van der Waals surface area contributed by atoms with Gasteiger partial charge in [-0.05, 0) is 28.9 Å². The van der Waals surface area contributed by atoms with Gasteiger partial charge >= 0.3 is 6.09 Å². The SMILES string of the molecule is CCOC(=O)Nc1sc2nccc(Br)c2c1C#N. The Kier molecular flexibility index (Phi) is 3.79.